The number of nitrogens with two attached hydrogens (primary N) is 1. The van der Waals surface area contributed by atoms with Crippen LogP contribution >= 0.6 is 11.6 Å². The van der Waals surface area contributed by atoms with Crippen LogP contribution in [-0.4, -0.2) is 36.2 Å². The molecule has 90 valence electrons. The first-order valence-corrected chi connectivity index (χ1v) is 4.97. The molecule has 0 bridgehead atoms. The number of hydrogen-bond acceptors (Lipinski definition) is 4. The first-order valence-electron chi connectivity index (χ1n) is 4.59. The molecule has 0 saturated carbocycles. The van der Waals surface area contributed by atoms with Crippen molar-refractivity contribution in [1.29, 1.82) is 0 Å². The number of nitrogens with zero attached hydrogens (tertiary/aromatic N) is 2. The third-order valence-corrected chi connectivity index (χ3v) is 2.10. The average molecular weight is 252 g/mol. The van der Waals surface area contributed by atoms with Crippen molar-refractivity contribution < 1.29 is 13.9 Å². The number of hydrogen-bond donors (Lipinski definition) is 2. The summed E-state index contributed by atoms with van der Waals surface area (Å²) in [6.07, 6.45) is -1.20. The molecule has 0 aromatic carbocycles. The minimum Gasteiger partial charge on any atom is -0.396 e. The third kappa shape index (κ3) is 3.46. The molecule has 0 amide bonds. The molecule has 3 N–H and O–H groups in total. The topological polar surface area (TPSA) is 62.4 Å². The number of nitrogen functional groups attached to an aromatic ring is 1. The van der Waals surface area contributed by atoms with Gasteiger partial charge in [0.25, 0.3) is 6.43 Å². The van der Waals surface area contributed by atoms with Gasteiger partial charge < -0.3 is 15.7 Å². The zero-order chi connectivity index (χ0) is 12.1. The maximum Gasteiger partial charge on any atom is 0.255 e. The molecule has 7 heteroatoms. The lowest BCUT2D eigenvalue weighted by Crippen LogP contribution is -2.32. The van der Waals surface area contributed by atoms with Crippen LogP contribution in [0.5, 0.6) is 0 Å². The van der Waals surface area contributed by atoms with Crippen molar-refractivity contribution in [2.75, 3.05) is 30.3 Å². The summed E-state index contributed by atoms with van der Waals surface area (Å²) in [6.45, 7) is -0.737. The van der Waals surface area contributed by atoms with E-state index in [-0.39, 0.29) is 24.7 Å². The molecule has 1 rings (SSSR count). The Balaban J connectivity index is 2.91. The largest absolute Gasteiger partial charge is 0.396 e. The molecule has 0 radical (unpaired) electrons. The second-order valence-corrected chi connectivity index (χ2v) is 3.56. The molecule has 0 aliphatic rings. The average Bonchev–Trinajstić information content (AvgIpc) is 2.16. The van der Waals surface area contributed by atoms with E-state index in [1.54, 1.807) is 0 Å². The predicted octanol–water partition coefficient (Wildman–Crippen LogP) is 1.38. The van der Waals surface area contributed by atoms with Crippen LogP contribution in [0.3, 0.4) is 0 Å². The number of aromatic nitrogens is 1. The fraction of sp³-hybridized carbons (Fsp3) is 0.444. The first kappa shape index (κ1) is 12.9. The predicted molar refractivity (Wildman–Crippen MR) is 59.0 cm³/mol. The van der Waals surface area contributed by atoms with Gasteiger partial charge in [0.05, 0.1) is 23.9 Å². The van der Waals surface area contributed by atoms with Crippen LogP contribution in [0.25, 0.3) is 0 Å². The van der Waals surface area contributed by atoms with E-state index in [1.807, 2.05) is 0 Å². The van der Waals surface area contributed by atoms with Crippen molar-refractivity contribution in [3.63, 3.8) is 0 Å². The number of anilines is 2. The number of alkyl halides is 2. The van der Waals surface area contributed by atoms with E-state index in [2.05, 4.69) is 4.98 Å². The zero-order valence-electron chi connectivity index (χ0n) is 8.41. The highest BCUT2D eigenvalue weighted by Crippen LogP contribution is 2.23. The van der Waals surface area contributed by atoms with Gasteiger partial charge in [0, 0.05) is 12.7 Å². The molecule has 0 atom stereocenters. The second kappa shape index (κ2) is 5.81. The van der Waals surface area contributed by atoms with E-state index in [1.165, 1.54) is 17.2 Å². The Morgan fingerprint density at radius 2 is 2.25 bits per heavy atom. The van der Waals surface area contributed by atoms with E-state index in [0.29, 0.717) is 5.02 Å². The van der Waals surface area contributed by atoms with Crippen molar-refractivity contribution in [3.8, 4) is 0 Å². The van der Waals surface area contributed by atoms with E-state index >= 15 is 0 Å². The van der Waals surface area contributed by atoms with Crippen molar-refractivity contribution >= 4 is 23.1 Å². The maximum absolute atomic E-state index is 12.3. The van der Waals surface area contributed by atoms with Crippen LogP contribution in [0.4, 0.5) is 20.3 Å². The molecule has 0 aliphatic carbocycles. The molecule has 4 nitrogen and oxygen atoms in total. The summed E-state index contributed by atoms with van der Waals surface area (Å²) >= 11 is 5.65. The van der Waals surface area contributed by atoms with Gasteiger partial charge in [-0.1, -0.05) is 11.6 Å². The van der Waals surface area contributed by atoms with Gasteiger partial charge in [0.15, 0.2) is 5.82 Å². The summed E-state index contributed by atoms with van der Waals surface area (Å²) in [5.74, 6) is 0.207. The lowest BCUT2D eigenvalue weighted by molar-refractivity contribution is 0.152. The zero-order valence-corrected chi connectivity index (χ0v) is 9.16. The molecular formula is C9H12ClF2N3O. The molecule has 0 spiro atoms. The van der Waals surface area contributed by atoms with Crippen LogP contribution in [0.2, 0.25) is 5.02 Å². The van der Waals surface area contributed by atoms with E-state index in [0.717, 1.165) is 0 Å². The Morgan fingerprint density at radius 1 is 1.56 bits per heavy atom. The quantitative estimate of drug-likeness (QED) is 0.830. The van der Waals surface area contributed by atoms with Gasteiger partial charge in [-0.3, -0.25) is 0 Å². The second-order valence-electron chi connectivity index (χ2n) is 3.13. The molecule has 1 aromatic rings. The molecule has 0 unspecified atom stereocenters. The summed E-state index contributed by atoms with van der Waals surface area (Å²) in [7, 11) is 0. The molecule has 0 fully saturated rings. The summed E-state index contributed by atoms with van der Waals surface area (Å²) < 4.78 is 24.6. The number of halogens is 3. The van der Waals surface area contributed by atoms with E-state index in [4.69, 9.17) is 22.4 Å². The van der Waals surface area contributed by atoms with Crippen molar-refractivity contribution in [2.45, 2.75) is 6.43 Å². The Labute approximate surface area is 96.6 Å². The van der Waals surface area contributed by atoms with Gasteiger partial charge >= 0.3 is 0 Å². The van der Waals surface area contributed by atoms with Crippen LogP contribution in [-0.2, 0) is 0 Å². The summed E-state index contributed by atoms with van der Waals surface area (Å²) in [4.78, 5) is 5.09. The van der Waals surface area contributed by atoms with Gasteiger partial charge in [-0.25, -0.2) is 13.8 Å². The molecule has 0 saturated heterocycles. The molecular weight excluding hydrogens is 240 g/mol. The van der Waals surface area contributed by atoms with Crippen LogP contribution in [0.1, 0.15) is 0 Å². The monoisotopic (exact) mass is 251 g/mol. The highest BCUT2D eigenvalue weighted by molar-refractivity contribution is 6.30. The number of rotatable bonds is 5. The highest BCUT2D eigenvalue weighted by Gasteiger charge is 2.16. The van der Waals surface area contributed by atoms with Crippen molar-refractivity contribution in [1.82, 2.24) is 4.98 Å². The Bertz CT molecular complexity index is 352. The maximum atomic E-state index is 12.3. The highest BCUT2D eigenvalue weighted by atomic mass is 35.5. The minimum atomic E-state index is -2.52. The normalized spacial score (nSPS) is 10.8. The van der Waals surface area contributed by atoms with E-state index < -0.39 is 13.0 Å². The van der Waals surface area contributed by atoms with Gasteiger partial charge in [0.1, 0.15) is 0 Å². The molecule has 1 aromatic heterocycles. The Morgan fingerprint density at radius 3 is 2.75 bits per heavy atom. The SMILES string of the molecule is Nc1cc(Cl)cnc1N(CCO)CC(F)F. The van der Waals surface area contributed by atoms with Crippen molar-refractivity contribution in [2.24, 2.45) is 0 Å². The first-order chi connectivity index (χ1) is 7.54. The number of aliphatic hydroxyl groups is 1. The molecule has 16 heavy (non-hydrogen) atoms. The Hall–Kier alpha value is -1.14. The minimum absolute atomic E-state index is 0.0448. The summed E-state index contributed by atoms with van der Waals surface area (Å²) in [5.41, 5.74) is 5.82. The van der Waals surface area contributed by atoms with Crippen LogP contribution in [0, 0.1) is 0 Å². The standard InChI is InChI=1S/C9H12ClF2N3O/c10-6-3-7(13)9(14-4-6)15(1-2-16)5-8(11)12/h3-4,8,16H,1-2,5,13H2. The fourth-order valence-electron chi connectivity index (χ4n) is 1.28. The number of aliphatic hydroxyl groups excluding tert-OH is 1. The number of pyridine rings is 1. The molecule has 0 aliphatic heterocycles. The summed E-state index contributed by atoms with van der Waals surface area (Å²) in [6, 6.07) is 1.43. The Kier molecular flexibility index (Phi) is 4.70. The smallest absolute Gasteiger partial charge is 0.255 e. The van der Waals surface area contributed by atoms with Gasteiger partial charge in [-0.15, -0.1) is 0 Å². The summed E-state index contributed by atoms with van der Waals surface area (Å²) in [5, 5.41) is 9.11. The van der Waals surface area contributed by atoms with Crippen molar-refractivity contribution in [3.05, 3.63) is 17.3 Å². The van der Waals surface area contributed by atoms with Gasteiger partial charge in [-0.2, -0.15) is 0 Å². The fourth-order valence-corrected chi connectivity index (χ4v) is 1.45. The van der Waals surface area contributed by atoms with E-state index in [9.17, 15) is 8.78 Å². The lowest BCUT2D eigenvalue weighted by atomic mass is 10.3. The van der Waals surface area contributed by atoms with Crippen LogP contribution < -0.4 is 10.6 Å². The molecule has 1 heterocycles. The van der Waals surface area contributed by atoms with Crippen LogP contribution in [0.15, 0.2) is 12.3 Å². The lowest BCUT2D eigenvalue weighted by Gasteiger charge is -2.23. The van der Waals surface area contributed by atoms with Gasteiger partial charge in [-0.05, 0) is 6.07 Å². The van der Waals surface area contributed by atoms with Gasteiger partial charge in [0.2, 0.25) is 0 Å². The third-order valence-electron chi connectivity index (χ3n) is 1.89.